The van der Waals surface area contributed by atoms with Crippen LogP contribution in [0.25, 0.3) is 0 Å². The molecule has 1 aliphatic carbocycles. The molecule has 224 valence electrons. The quantitative estimate of drug-likeness (QED) is 0.292. The monoisotopic (exact) mass is 555 g/mol. The molecule has 3 aliphatic rings. The summed E-state index contributed by atoms with van der Waals surface area (Å²) in [4.78, 5) is 41.0. The van der Waals surface area contributed by atoms with E-state index in [-0.39, 0.29) is 43.5 Å². The second-order valence-electron chi connectivity index (χ2n) is 11.9. The SMILES string of the molecule is COC1CC(CC(C)C(C)OC(=O)C2CCCCN2C(=O)C(=O)C2(O)OC(C)CCC2C)CCC1OCCO. The first-order chi connectivity index (χ1) is 18.5. The molecule has 10 heteroatoms. The first-order valence-electron chi connectivity index (χ1n) is 14.7. The van der Waals surface area contributed by atoms with Gasteiger partial charge in [-0.25, -0.2) is 4.79 Å². The molecule has 0 radical (unpaired) electrons. The third-order valence-electron chi connectivity index (χ3n) is 8.98. The summed E-state index contributed by atoms with van der Waals surface area (Å²) < 4.78 is 22.8. The summed E-state index contributed by atoms with van der Waals surface area (Å²) in [6, 6.07) is -0.859. The van der Waals surface area contributed by atoms with Crippen LogP contribution in [0.3, 0.4) is 0 Å². The standard InChI is InChI=1S/C29H49NO9/c1-18(16-22-11-12-24(37-15-14-31)25(17-22)36-5)21(4)38-28(34)23-8-6-7-13-30(23)27(33)26(32)29(35)19(2)9-10-20(3)39-29/h18-25,31,35H,6-17H2,1-5H3. The maximum absolute atomic E-state index is 13.3. The molecule has 0 bridgehead atoms. The number of hydrogen-bond acceptors (Lipinski definition) is 9. The van der Waals surface area contributed by atoms with Crippen molar-refractivity contribution in [2.45, 2.75) is 122 Å². The van der Waals surface area contributed by atoms with E-state index in [9.17, 15) is 19.5 Å². The van der Waals surface area contributed by atoms with Crippen molar-refractivity contribution in [1.82, 2.24) is 4.90 Å². The van der Waals surface area contributed by atoms with Gasteiger partial charge in [-0.1, -0.05) is 13.8 Å². The molecule has 2 heterocycles. The zero-order valence-corrected chi connectivity index (χ0v) is 24.3. The highest BCUT2D eigenvalue weighted by molar-refractivity contribution is 6.39. The Bertz CT molecular complexity index is 838. The van der Waals surface area contributed by atoms with Gasteiger partial charge in [-0.2, -0.15) is 0 Å². The number of piperidine rings is 1. The van der Waals surface area contributed by atoms with Gasteiger partial charge in [0, 0.05) is 19.6 Å². The van der Waals surface area contributed by atoms with Crippen LogP contribution in [-0.4, -0.2) is 95.9 Å². The number of ketones is 1. The number of amides is 1. The first kappa shape index (κ1) is 31.9. The normalized spacial score (nSPS) is 35.2. The summed E-state index contributed by atoms with van der Waals surface area (Å²) >= 11 is 0. The number of aliphatic hydroxyl groups excluding tert-OH is 1. The molecule has 0 aromatic heterocycles. The molecule has 2 saturated heterocycles. The van der Waals surface area contributed by atoms with Gasteiger partial charge >= 0.3 is 5.97 Å². The molecule has 3 rings (SSSR count). The lowest BCUT2D eigenvalue weighted by molar-refractivity contribution is -0.259. The summed E-state index contributed by atoms with van der Waals surface area (Å²) in [6.07, 6.45) is 5.85. The van der Waals surface area contributed by atoms with E-state index >= 15 is 0 Å². The molecular weight excluding hydrogens is 506 g/mol. The largest absolute Gasteiger partial charge is 0.461 e. The number of esters is 1. The van der Waals surface area contributed by atoms with Crippen LogP contribution in [0.5, 0.6) is 0 Å². The molecule has 39 heavy (non-hydrogen) atoms. The minimum absolute atomic E-state index is 0.0125. The number of Topliss-reactive ketones (excluding diaryl/α,β-unsaturated/α-hetero) is 1. The number of nitrogens with zero attached hydrogens (tertiary/aromatic N) is 1. The van der Waals surface area contributed by atoms with Crippen molar-refractivity contribution in [1.29, 1.82) is 0 Å². The molecule has 1 saturated carbocycles. The molecular formula is C29H49NO9. The highest BCUT2D eigenvalue weighted by atomic mass is 16.6. The summed E-state index contributed by atoms with van der Waals surface area (Å²) in [5, 5.41) is 20.1. The Morgan fingerprint density at radius 2 is 1.79 bits per heavy atom. The number of methoxy groups -OCH3 is 1. The lowest BCUT2D eigenvalue weighted by atomic mass is 9.79. The first-order valence-corrected chi connectivity index (χ1v) is 14.7. The van der Waals surface area contributed by atoms with Crippen LogP contribution in [0, 0.1) is 17.8 Å². The lowest BCUT2D eigenvalue weighted by Crippen LogP contribution is -2.60. The maximum atomic E-state index is 13.3. The fourth-order valence-electron chi connectivity index (χ4n) is 6.28. The van der Waals surface area contributed by atoms with Crippen LogP contribution in [0.1, 0.15) is 85.5 Å². The van der Waals surface area contributed by atoms with Crippen LogP contribution in [-0.2, 0) is 33.3 Å². The highest BCUT2D eigenvalue weighted by Crippen LogP contribution is 2.35. The zero-order chi connectivity index (χ0) is 28.7. The van der Waals surface area contributed by atoms with Gasteiger partial charge in [-0.15, -0.1) is 0 Å². The van der Waals surface area contributed by atoms with Crippen LogP contribution < -0.4 is 0 Å². The van der Waals surface area contributed by atoms with Gasteiger partial charge in [0.25, 0.3) is 11.7 Å². The number of ether oxygens (including phenoxy) is 4. The molecule has 0 aromatic rings. The summed E-state index contributed by atoms with van der Waals surface area (Å²) in [7, 11) is 1.68. The second-order valence-corrected chi connectivity index (χ2v) is 11.9. The Hall–Kier alpha value is -1.59. The van der Waals surface area contributed by atoms with Crippen LogP contribution in [0.2, 0.25) is 0 Å². The Morgan fingerprint density at radius 3 is 2.49 bits per heavy atom. The minimum Gasteiger partial charge on any atom is -0.461 e. The van der Waals surface area contributed by atoms with Crippen molar-refractivity contribution in [3.05, 3.63) is 0 Å². The molecule has 1 amide bonds. The van der Waals surface area contributed by atoms with Crippen LogP contribution >= 0.6 is 0 Å². The van der Waals surface area contributed by atoms with Crippen molar-refractivity contribution < 1.29 is 43.5 Å². The molecule has 9 atom stereocenters. The third-order valence-corrected chi connectivity index (χ3v) is 8.98. The van der Waals surface area contributed by atoms with Gasteiger partial charge in [-0.05, 0) is 83.5 Å². The number of likely N-dealkylation sites (tertiary alicyclic amines) is 1. The number of carbonyl (C=O) groups excluding carboxylic acids is 3. The smallest absolute Gasteiger partial charge is 0.329 e. The average molecular weight is 556 g/mol. The van der Waals surface area contributed by atoms with E-state index in [2.05, 4.69) is 6.92 Å². The van der Waals surface area contributed by atoms with E-state index in [4.69, 9.17) is 24.1 Å². The lowest BCUT2D eigenvalue weighted by Gasteiger charge is -2.41. The van der Waals surface area contributed by atoms with Crippen molar-refractivity contribution in [3.63, 3.8) is 0 Å². The Labute approximate surface area is 232 Å². The summed E-state index contributed by atoms with van der Waals surface area (Å²) in [6.45, 7) is 7.94. The van der Waals surface area contributed by atoms with Crippen LogP contribution in [0.4, 0.5) is 0 Å². The summed E-state index contributed by atoms with van der Waals surface area (Å²) in [5.41, 5.74) is 0. The van der Waals surface area contributed by atoms with Gasteiger partial charge < -0.3 is 34.1 Å². The van der Waals surface area contributed by atoms with Gasteiger partial charge in [0.05, 0.1) is 31.5 Å². The molecule has 9 unspecified atom stereocenters. The molecule has 0 spiro atoms. The Balaban J connectivity index is 1.57. The van der Waals surface area contributed by atoms with E-state index in [1.54, 1.807) is 21.0 Å². The fraction of sp³-hybridized carbons (Fsp3) is 0.897. The maximum Gasteiger partial charge on any atom is 0.329 e. The topological polar surface area (TPSA) is 132 Å². The van der Waals surface area contributed by atoms with E-state index in [0.717, 1.165) is 32.1 Å². The van der Waals surface area contributed by atoms with Crippen molar-refractivity contribution in [2.24, 2.45) is 17.8 Å². The molecule has 0 aromatic carbocycles. The molecule has 2 N–H and O–H groups in total. The predicted molar refractivity (Wildman–Crippen MR) is 143 cm³/mol. The molecule has 10 nitrogen and oxygen atoms in total. The van der Waals surface area contributed by atoms with Crippen molar-refractivity contribution in [2.75, 3.05) is 26.9 Å². The molecule has 2 aliphatic heterocycles. The van der Waals surface area contributed by atoms with E-state index in [1.165, 1.54) is 4.90 Å². The third kappa shape index (κ3) is 7.79. The van der Waals surface area contributed by atoms with E-state index in [1.807, 2.05) is 6.92 Å². The summed E-state index contributed by atoms with van der Waals surface area (Å²) in [5.74, 6) is -4.62. The number of rotatable bonds is 11. The fourth-order valence-corrected chi connectivity index (χ4v) is 6.28. The van der Waals surface area contributed by atoms with Gasteiger partial charge in [0.2, 0.25) is 5.79 Å². The number of aliphatic hydroxyl groups is 2. The highest BCUT2D eigenvalue weighted by Gasteiger charge is 2.52. The molecule has 3 fully saturated rings. The van der Waals surface area contributed by atoms with Crippen molar-refractivity contribution in [3.8, 4) is 0 Å². The average Bonchev–Trinajstić information content (AvgIpc) is 2.93. The van der Waals surface area contributed by atoms with E-state index < -0.39 is 35.4 Å². The van der Waals surface area contributed by atoms with Crippen molar-refractivity contribution >= 4 is 17.7 Å². The number of carbonyl (C=O) groups is 3. The van der Waals surface area contributed by atoms with Gasteiger partial charge in [-0.3, -0.25) is 9.59 Å². The van der Waals surface area contributed by atoms with Gasteiger partial charge in [0.1, 0.15) is 12.1 Å². The van der Waals surface area contributed by atoms with Crippen LogP contribution in [0.15, 0.2) is 0 Å². The minimum atomic E-state index is -2.18. The zero-order valence-electron chi connectivity index (χ0n) is 24.3. The number of hydrogen-bond donors (Lipinski definition) is 2. The second kappa shape index (κ2) is 14.3. The predicted octanol–water partition coefficient (Wildman–Crippen LogP) is 2.61. The Kier molecular flexibility index (Phi) is 11.7. The Morgan fingerprint density at radius 1 is 1.05 bits per heavy atom. The van der Waals surface area contributed by atoms with E-state index in [0.29, 0.717) is 38.2 Å². The van der Waals surface area contributed by atoms with Gasteiger partial charge in [0.15, 0.2) is 0 Å².